The van der Waals surface area contributed by atoms with E-state index in [9.17, 15) is 4.79 Å². The average Bonchev–Trinajstić information content (AvgIpc) is 2.37. The van der Waals surface area contributed by atoms with Crippen LogP contribution in [-0.4, -0.2) is 12.7 Å². The van der Waals surface area contributed by atoms with Gasteiger partial charge < -0.3 is 4.74 Å². The number of unbranched alkanes of at least 4 members (excludes halogenated alkanes) is 1. The van der Waals surface area contributed by atoms with Gasteiger partial charge in [0.1, 0.15) is 5.75 Å². The van der Waals surface area contributed by atoms with E-state index in [2.05, 4.69) is 11.7 Å². The minimum absolute atomic E-state index is 0.192. The molecule has 1 rings (SSSR count). The van der Waals surface area contributed by atoms with Gasteiger partial charge in [-0.2, -0.15) is 0 Å². The predicted octanol–water partition coefficient (Wildman–Crippen LogP) is 4.15. The Kier molecular flexibility index (Phi) is 5.85. The standard InChI is InChI=1S/C15H19NO2/c1-4-6-8-15(17)18-13-9-10-14(16-3)12(11-13)7-5-2/h5,7,9-11H,3-4,6,8H2,1-2H3/b7-5-. The Balaban J connectivity index is 2.81. The predicted molar refractivity (Wildman–Crippen MR) is 75.5 cm³/mol. The average molecular weight is 245 g/mol. The minimum Gasteiger partial charge on any atom is -0.427 e. The summed E-state index contributed by atoms with van der Waals surface area (Å²) in [4.78, 5) is 15.4. The third kappa shape index (κ3) is 4.17. The number of ether oxygens (including phenoxy) is 1. The van der Waals surface area contributed by atoms with Gasteiger partial charge in [-0.05, 0) is 38.3 Å². The van der Waals surface area contributed by atoms with Crippen LogP contribution in [0.15, 0.2) is 29.3 Å². The molecule has 0 aliphatic carbocycles. The van der Waals surface area contributed by atoms with Crippen molar-refractivity contribution in [3.8, 4) is 5.75 Å². The first kappa shape index (κ1) is 14.2. The molecule has 0 aliphatic rings. The zero-order valence-electron chi connectivity index (χ0n) is 11.0. The van der Waals surface area contributed by atoms with E-state index in [1.807, 2.05) is 26.0 Å². The van der Waals surface area contributed by atoms with E-state index < -0.39 is 0 Å². The van der Waals surface area contributed by atoms with Gasteiger partial charge in [0.15, 0.2) is 0 Å². The SMILES string of the molecule is C=Nc1ccc(OC(=O)CCCC)cc1/C=C\C. The zero-order valence-corrected chi connectivity index (χ0v) is 11.0. The van der Waals surface area contributed by atoms with Gasteiger partial charge in [-0.3, -0.25) is 9.79 Å². The lowest BCUT2D eigenvalue weighted by Crippen LogP contribution is -2.07. The lowest BCUT2D eigenvalue weighted by Gasteiger charge is -2.06. The van der Waals surface area contributed by atoms with Crippen LogP contribution in [0.5, 0.6) is 5.75 Å². The highest BCUT2D eigenvalue weighted by Gasteiger charge is 2.06. The van der Waals surface area contributed by atoms with Gasteiger partial charge in [-0.25, -0.2) is 0 Å². The van der Waals surface area contributed by atoms with Crippen molar-refractivity contribution in [3.63, 3.8) is 0 Å². The van der Waals surface area contributed by atoms with Crippen LogP contribution in [0.4, 0.5) is 5.69 Å². The molecule has 0 fully saturated rings. The zero-order chi connectivity index (χ0) is 13.4. The first-order valence-electron chi connectivity index (χ1n) is 6.15. The van der Waals surface area contributed by atoms with Crippen LogP contribution >= 0.6 is 0 Å². The number of aliphatic imine (C=N–C) groups is 1. The second-order valence-corrected chi connectivity index (χ2v) is 3.96. The molecule has 0 unspecified atom stereocenters. The number of carbonyl (C=O) groups is 1. The molecule has 0 saturated carbocycles. The highest BCUT2D eigenvalue weighted by molar-refractivity contribution is 5.74. The monoisotopic (exact) mass is 245 g/mol. The molecule has 0 amide bonds. The Morgan fingerprint density at radius 1 is 1.50 bits per heavy atom. The second-order valence-electron chi connectivity index (χ2n) is 3.96. The van der Waals surface area contributed by atoms with Crippen molar-refractivity contribution in [2.24, 2.45) is 4.99 Å². The van der Waals surface area contributed by atoms with Crippen molar-refractivity contribution >= 4 is 24.5 Å². The topological polar surface area (TPSA) is 38.7 Å². The van der Waals surface area contributed by atoms with E-state index in [0.29, 0.717) is 12.2 Å². The summed E-state index contributed by atoms with van der Waals surface area (Å²) in [6.45, 7) is 7.48. The fourth-order valence-corrected chi connectivity index (χ4v) is 1.56. The molecule has 0 saturated heterocycles. The third-order valence-corrected chi connectivity index (χ3v) is 2.48. The Labute approximate surface area is 108 Å². The molecule has 0 aromatic heterocycles. The van der Waals surface area contributed by atoms with Gasteiger partial charge in [0, 0.05) is 12.0 Å². The molecule has 1 aromatic rings. The maximum Gasteiger partial charge on any atom is 0.311 e. The molecular formula is C15H19NO2. The molecule has 96 valence electrons. The summed E-state index contributed by atoms with van der Waals surface area (Å²) in [6, 6.07) is 5.33. The van der Waals surface area contributed by atoms with Crippen LogP contribution in [-0.2, 0) is 4.79 Å². The van der Waals surface area contributed by atoms with Crippen LogP contribution in [0.3, 0.4) is 0 Å². The van der Waals surface area contributed by atoms with Crippen LogP contribution in [0.1, 0.15) is 38.7 Å². The first-order chi connectivity index (χ1) is 8.71. The highest BCUT2D eigenvalue weighted by atomic mass is 16.5. The van der Waals surface area contributed by atoms with Crippen molar-refractivity contribution in [3.05, 3.63) is 29.8 Å². The van der Waals surface area contributed by atoms with Gasteiger partial charge >= 0.3 is 5.97 Å². The van der Waals surface area contributed by atoms with E-state index in [1.165, 1.54) is 0 Å². The molecule has 3 nitrogen and oxygen atoms in total. The van der Waals surface area contributed by atoms with Crippen molar-refractivity contribution in [2.45, 2.75) is 33.1 Å². The summed E-state index contributed by atoms with van der Waals surface area (Å²) < 4.78 is 5.27. The first-order valence-corrected chi connectivity index (χ1v) is 6.15. The van der Waals surface area contributed by atoms with E-state index in [4.69, 9.17) is 4.74 Å². The molecule has 0 N–H and O–H groups in total. The lowest BCUT2D eigenvalue weighted by atomic mass is 10.1. The molecular weight excluding hydrogens is 226 g/mol. The maximum atomic E-state index is 11.5. The van der Waals surface area contributed by atoms with E-state index in [-0.39, 0.29) is 5.97 Å². The summed E-state index contributed by atoms with van der Waals surface area (Å²) in [7, 11) is 0. The van der Waals surface area contributed by atoms with Gasteiger partial charge in [0.2, 0.25) is 0 Å². The van der Waals surface area contributed by atoms with Gasteiger partial charge in [0.25, 0.3) is 0 Å². The highest BCUT2D eigenvalue weighted by Crippen LogP contribution is 2.25. The number of nitrogens with zero attached hydrogens (tertiary/aromatic N) is 1. The van der Waals surface area contributed by atoms with Crippen molar-refractivity contribution in [1.29, 1.82) is 0 Å². The Morgan fingerprint density at radius 3 is 2.89 bits per heavy atom. The molecule has 0 atom stereocenters. The molecule has 0 aliphatic heterocycles. The van der Waals surface area contributed by atoms with Crippen LogP contribution in [0, 0.1) is 0 Å². The van der Waals surface area contributed by atoms with E-state index in [0.717, 1.165) is 24.1 Å². The third-order valence-electron chi connectivity index (χ3n) is 2.48. The minimum atomic E-state index is -0.192. The van der Waals surface area contributed by atoms with Crippen LogP contribution in [0.25, 0.3) is 6.08 Å². The van der Waals surface area contributed by atoms with Crippen molar-refractivity contribution in [2.75, 3.05) is 0 Å². The summed E-state index contributed by atoms with van der Waals surface area (Å²) in [5, 5.41) is 0. The Bertz CT molecular complexity index is 450. The number of carbonyl (C=O) groups excluding carboxylic acids is 1. The fourth-order valence-electron chi connectivity index (χ4n) is 1.56. The number of rotatable bonds is 6. The Morgan fingerprint density at radius 2 is 2.28 bits per heavy atom. The summed E-state index contributed by atoms with van der Waals surface area (Å²) in [5.74, 6) is 0.360. The Hall–Kier alpha value is -1.90. The molecule has 18 heavy (non-hydrogen) atoms. The number of hydrogen-bond donors (Lipinski definition) is 0. The van der Waals surface area contributed by atoms with Crippen LogP contribution in [0.2, 0.25) is 0 Å². The number of allylic oxidation sites excluding steroid dienone is 1. The largest absolute Gasteiger partial charge is 0.427 e. The number of benzene rings is 1. The molecule has 0 spiro atoms. The van der Waals surface area contributed by atoms with E-state index in [1.54, 1.807) is 18.2 Å². The summed E-state index contributed by atoms with van der Waals surface area (Å²) in [6.07, 6.45) is 6.11. The number of esters is 1. The molecule has 1 aromatic carbocycles. The number of hydrogen-bond acceptors (Lipinski definition) is 3. The summed E-state index contributed by atoms with van der Waals surface area (Å²) in [5.41, 5.74) is 1.68. The molecule has 3 heteroatoms. The second kappa shape index (κ2) is 7.43. The smallest absolute Gasteiger partial charge is 0.311 e. The quantitative estimate of drug-likeness (QED) is 0.429. The van der Waals surface area contributed by atoms with Crippen LogP contribution < -0.4 is 4.74 Å². The van der Waals surface area contributed by atoms with Gasteiger partial charge in [0.05, 0.1) is 5.69 Å². The lowest BCUT2D eigenvalue weighted by molar-refractivity contribution is -0.134. The molecule has 0 bridgehead atoms. The normalized spacial score (nSPS) is 10.6. The maximum absolute atomic E-state index is 11.5. The van der Waals surface area contributed by atoms with Gasteiger partial charge in [-0.1, -0.05) is 25.5 Å². The summed E-state index contributed by atoms with van der Waals surface area (Å²) >= 11 is 0. The molecule has 0 heterocycles. The van der Waals surface area contributed by atoms with Gasteiger partial charge in [-0.15, -0.1) is 0 Å². The fraction of sp³-hybridized carbons (Fsp3) is 0.333. The van der Waals surface area contributed by atoms with Crippen molar-refractivity contribution in [1.82, 2.24) is 0 Å². The molecule has 0 radical (unpaired) electrons. The van der Waals surface area contributed by atoms with Crippen molar-refractivity contribution < 1.29 is 9.53 Å². The van der Waals surface area contributed by atoms with E-state index >= 15 is 0 Å².